The molecule has 7 rings (SSSR count). The molecule has 47 heavy (non-hydrogen) atoms. The monoisotopic (exact) mass is 672 g/mol. The maximum absolute atomic E-state index is 17.1. The summed E-state index contributed by atoms with van der Waals surface area (Å²) in [5, 5.41) is 10.1. The zero-order valence-corrected chi connectivity index (χ0v) is 26.8. The fourth-order valence-corrected chi connectivity index (χ4v) is 8.84. The van der Waals surface area contributed by atoms with Gasteiger partial charge in [-0.1, -0.05) is 30.3 Å². The Hall–Kier alpha value is -3.43. The zero-order valence-electron chi connectivity index (χ0n) is 26.0. The van der Waals surface area contributed by atoms with Crippen LogP contribution >= 0.6 is 11.6 Å². The Labute approximate surface area is 276 Å². The van der Waals surface area contributed by atoms with Gasteiger partial charge >= 0.3 is 6.01 Å². The maximum Gasteiger partial charge on any atom is 0.318 e. The van der Waals surface area contributed by atoms with E-state index in [9.17, 15) is 23.2 Å². The second-order valence-corrected chi connectivity index (χ2v) is 14.0. The zero-order chi connectivity index (χ0) is 33.1. The van der Waals surface area contributed by atoms with Gasteiger partial charge in [0.1, 0.15) is 12.4 Å². The van der Waals surface area contributed by atoms with Crippen LogP contribution in [-0.4, -0.2) is 82.5 Å². The minimum absolute atomic E-state index is 0.000953. The van der Waals surface area contributed by atoms with Crippen molar-refractivity contribution in [2.75, 3.05) is 37.7 Å². The van der Waals surface area contributed by atoms with Gasteiger partial charge in [0.2, 0.25) is 0 Å². The Kier molecular flexibility index (Phi) is 8.36. The van der Waals surface area contributed by atoms with E-state index >= 15 is 4.39 Å². The molecule has 3 aliphatic carbocycles. The lowest BCUT2D eigenvalue weighted by Crippen LogP contribution is -2.55. The molecule has 2 saturated heterocycles. The number of hydrogen-bond acceptors (Lipinski definition) is 7. The highest BCUT2D eigenvalue weighted by atomic mass is 35.5. The van der Waals surface area contributed by atoms with Crippen LogP contribution in [0.2, 0.25) is 5.02 Å². The molecule has 3 heterocycles. The molecule has 1 spiro atoms. The topological polar surface area (TPSA) is 85.6 Å². The molecule has 250 valence electrons. The number of carbonyl (C=O) groups is 1. The van der Waals surface area contributed by atoms with E-state index in [1.54, 1.807) is 0 Å². The number of ether oxygens (including phenoxy) is 1. The Morgan fingerprint density at radius 3 is 2.62 bits per heavy atom. The van der Waals surface area contributed by atoms with Crippen LogP contribution in [0.25, 0.3) is 0 Å². The second kappa shape index (κ2) is 12.2. The van der Waals surface area contributed by atoms with Gasteiger partial charge < -0.3 is 14.5 Å². The van der Waals surface area contributed by atoms with Gasteiger partial charge in [0.15, 0.2) is 12.0 Å². The van der Waals surface area contributed by atoms with Gasteiger partial charge in [0, 0.05) is 60.6 Å². The summed E-state index contributed by atoms with van der Waals surface area (Å²) in [6.45, 7) is 4.62. The fourth-order valence-electron chi connectivity index (χ4n) is 8.57. The molecule has 4 atom stereocenters. The predicted molar refractivity (Wildman–Crippen MR) is 167 cm³/mol. The first kappa shape index (κ1) is 32.1. The molecular weight excluding hydrogens is 636 g/mol. The molecule has 1 amide bonds. The summed E-state index contributed by atoms with van der Waals surface area (Å²) >= 11 is 6.53. The molecule has 1 aromatic carbocycles. The lowest BCUT2D eigenvalue weighted by atomic mass is 9.68. The van der Waals surface area contributed by atoms with E-state index in [2.05, 4.69) is 22.5 Å². The van der Waals surface area contributed by atoms with Crippen LogP contribution in [0.15, 0.2) is 30.6 Å². The van der Waals surface area contributed by atoms with E-state index in [-0.39, 0.29) is 69.3 Å². The van der Waals surface area contributed by atoms with E-state index < -0.39 is 35.3 Å². The van der Waals surface area contributed by atoms with E-state index in [1.165, 1.54) is 4.90 Å². The van der Waals surface area contributed by atoms with Crippen molar-refractivity contribution in [3.05, 3.63) is 58.0 Å². The van der Waals surface area contributed by atoms with Crippen molar-refractivity contribution < 1.29 is 27.1 Å². The van der Waals surface area contributed by atoms with Crippen molar-refractivity contribution in [2.24, 2.45) is 0 Å². The quantitative estimate of drug-likeness (QED) is 0.263. The molecule has 0 radical (unpaired) electrons. The maximum atomic E-state index is 17.1. The Morgan fingerprint density at radius 1 is 1.13 bits per heavy atom. The SMILES string of the molecule is C=C(F)C(=O)N1CCN(c2nc(OC[C@@H]3CCCN3C3CC(F)(F)C3)nc3c2CC[C@@]2(CCc4c(Cl)cccc42)[C@H]3F)C[C@@H]1CC#N. The van der Waals surface area contributed by atoms with Crippen molar-refractivity contribution in [2.45, 2.75) is 93.4 Å². The van der Waals surface area contributed by atoms with Crippen molar-refractivity contribution in [3.63, 3.8) is 0 Å². The van der Waals surface area contributed by atoms with Gasteiger partial charge in [-0.05, 0) is 62.3 Å². The number of rotatable bonds is 7. The standard InChI is InChI=1S/C34H37ClF4N6O2/c1-20(36)31(46)45-15-14-43(18-21(45)9-12-40)30-25-8-11-33(10-7-24-26(33)5-2-6-27(24)35)29(37)28(25)41-32(42-30)47-19-22-4-3-13-44(22)23-16-34(38,39)17-23/h2,5-6,21-23,29H,1,3-4,7-11,13-19H2/t21-,22-,29-,33+/m0/s1. The molecule has 0 bridgehead atoms. The van der Waals surface area contributed by atoms with Crippen LogP contribution in [-0.2, 0) is 23.1 Å². The molecule has 2 aromatic rings. The average Bonchev–Trinajstić information content (AvgIpc) is 3.66. The number of piperazine rings is 1. The van der Waals surface area contributed by atoms with Crippen molar-refractivity contribution >= 4 is 23.3 Å². The normalized spacial score (nSPS) is 28.5. The summed E-state index contributed by atoms with van der Waals surface area (Å²) in [5.74, 6) is -4.10. The number of nitriles is 1. The summed E-state index contributed by atoms with van der Waals surface area (Å²) in [4.78, 5) is 27.3. The van der Waals surface area contributed by atoms with Crippen LogP contribution in [0.3, 0.4) is 0 Å². The highest BCUT2D eigenvalue weighted by Crippen LogP contribution is 2.57. The molecule has 1 saturated carbocycles. The number of halogens is 5. The number of benzene rings is 1. The number of anilines is 1. The number of amides is 1. The van der Waals surface area contributed by atoms with Gasteiger partial charge in [0.25, 0.3) is 11.8 Å². The van der Waals surface area contributed by atoms with E-state index in [1.807, 2.05) is 23.1 Å². The summed E-state index contributed by atoms with van der Waals surface area (Å²) < 4.78 is 64.5. The number of hydrogen-bond donors (Lipinski definition) is 0. The third-order valence-corrected chi connectivity index (χ3v) is 11.3. The molecule has 8 nitrogen and oxygen atoms in total. The van der Waals surface area contributed by atoms with Crippen molar-refractivity contribution in [1.29, 1.82) is 5.26 Å². The van der Waals surface area contributed by atoms with Gasteiger partial charge in [-0.15, -0.1) is 0 Å². The minimum Gasteiger partial charge on any atom is -0.462 e. The van der Waals surface area contributed by atoms with Crippen LogP contribution in [0.4, 0.5) is 23.4 Å². The van der Waals surface area contributed by atoms with Crippen LogP contribution < -0.4 is 9.64 Å². The Balaban J connectivity index is 1.21. The van der Waals surface area contributed by atoms with E-state index in [0.29, 0.717) is 42.1 Å². The van der Waals surface area contributed by atoms with Gasteiger partial charge in [-0.2, -0.15) is 15.2 Å². The molecule has 0 N–H and O–H groups in total. The lowest BCUT2D eigenvalue weighted by molar-refractivity contribution is -0.131. The van der Waals surface area contributed by atoms with E-state index in [0.717, 1.165) is 30.5 Å². The first-order valence-corrected chi connectivity index (χ1v) is 16.8. The number of alkyl halides is 3. The number of likely N-dealkylation sites (tertiary alicyclic amines) is 1. The smallest absolute Gasteiger partial charge is 0.318 e. The molecule has 3 fully saturated rings. The first-order chi connectivity index (χ1) is 22.5. The number of nitrogens with zero attached hydrogens (tertiary/aromatic N) is 6. The highest BCUT2D eigenvalue weighted by molar-refractivity contribution is 6.31. The summed E-state index contributed by atoms with van der Waals surface area (Å²) in [7, 11) is 0. The predicted octanol–water partition coefficient (Wildman–Crippen LogP) is 6.03. The van der Waals surface area contributed by atoms with Crippen LogP contribution in [0.5, 0.6) is 6.01 Å². The lowest BCUT2D eigenvalue weighted by Gasteiger charge is -2.44. The summed E-state index contributed by atoms with van der Waals surface area (Å²) in [5.41, 5.74) is 1.96. The average molecular weight is 673 g/mol. The molecule has 1 aromatic heterocycles. The molecule has 13 heteroatoms. The molecular formula is C34H37ClF4N6O2. The van der Waals surface area contributed by atoms with Gasteiger partial charge in [0.05, 0.1) is 24.2 Å². The minimum atomic E-state index is -2.63. The largest absolute Gasteiger partial charge is 0.462 e. The third-order valence-electron chi connectivity index (χ3n) is 11.0. The van der Waals surface area contributed by atoms with Crippen molar-refractivity contribution in [1.82, 2.24) is 19.8 Å². The van der Waals surface area contributed by atoms with Crippen LogP contribution in [0.1, 0.15) is 73.5 Å². The first-order valence-electron chi connectivity index (χ1n) is 16.4. The summed E-state index contributed by atoms with van der Waals surface area (Å²) in [6.07, 6.45) is 2.11. The van der Waals surface area contributed by atoms with Gasteiger partial charge in [-0.25, -0.2) is 17.6 Å². The number of carbonyl (C=O) groups excluding carboxylic acids is 1. The Morgan fingerprint density at radius 2 is 1.89 bits per heavy atom. The van der Waals surface area contributed by atoms with Crippen LogP contribution in [0, 0.1) is 11.3 Å². The van der Waals surface area contributed by atoms with Gasteiger partial charge in [-0.3, -0.25) is 9.69 Å². The molecule has 5 aliphatic rings. The second-order valence-electron chi connectivity index (χ2n) is 13.6. The number of aromatic nitrogens is 2. The Bertz CT molecular complexity index is 1630. The fraction of sp³-hybridized carbons (Fsp3) is 0.588. The highest BCUT2D eigenvalue weighted by Gasteiger charge is 2.52. The molecule has 0 unspecified atom stereocenters. The van der Waals surface area contributed by atoms with E-state index in [4.69, 9.17) is 21.3 Å². The molecule has 2 aliphatic heterocycles. The van der Waals surface area contributed by atoms with Crippen molar-refractivity contribution in [3.8, 4) is 12.1 Å². The summed E-state index contributed by atoms with van der Waals surface area (Å²) in [6, 6.07) is 6.81. The third kappa shape index (κ3) is 5.63. The number of fused-ring (bicyclic) bond motifs is 3.